The summed E-state index contributed by atoms with van der Waals surface area (Å²) in [6.07, 6.45) is 0.250. The van der Waals surface area contributed by atoms with Crippen LogP contribution in [0.15, 0.2) is 0 Å². The molecule has 0 unspecified atom stereocenters. The van der Waals surface area contributed by atoms with E-state index in [9.17, 15) is 0 Å². The van der Waals surface area contributed by atoms with Crippen LogP contribution >= 0.6 is 0 Å². The van der Waals surface area contributed by atoms with E-state index in [1.54, 1.807) is 0 Å². The van der Waals surface area contributed by atoms with Crippen molar-refractivity contribution in [3.05, 3.63) is 9.93 Å². The summed E-state index contributed by atoms with van der Waals surface area (Å²) in [6.45, 7) is 0. The van der Waals surface area contributed by atoms with Crippen LogP contribution in [0.4, 0.5) is 0 Å². The second kappa shape index (κ2) is 1550. The average molecular weight is 208 g/mol. The van der Waals surface area contributed by atoms with Crippen molar-refractivity contribution in [1.82, 2.24) is 0 Å². The Balaban J connectivity index is -0.00000000409. The number of carbonyl (C=O) groups excluding carboxylic acids is 2. The highest BCUT2D eigenvalue weighted by atomic mass is 17.4. The zero-order valence-corrected chi connectivity index (χ0v) is 3.94. The van der Waals surface area contributed by atoms with E-state index >= 15 is 0 Å². The van der Waals surface area contributed by atoms with E-state index in [4.69, 9.17) is 30.0 Å². The van der Waals surface area contributed by atoms with Crippen LogP contribution in [-0.2, 0) is 14.6 Å². The third kappa shape index (κ3) is 605. The van der Waals surface area contributed by atoms with Gasteiger partial charge in [-0.25, -0.2) is 10.5 Å². The Morgan fingerprint density at radius 2 is 0.846 bits per heavy atom. The molecule has 0 radical (unpaired) electrons. The van der Waals surface area contributed by atoms with Crippen LogP contribution in [0, 0.1) is 9.93 Å². The summed E-state index contributed by atoms with van der Waals surface area (Å²) >= 11 is 0. The smallest absolute Gasteiger partial charge is 0.373 e. The molecule has 0 fully saturated rings. The molecule has 8 heteroatoms. The van der Waals surface area contributed by atoms with E-state index in [2.05, 4.69) is 5.04 Å². The van der Waals surface area contributed by atoms with Crippen molar-refractivity contribution in [3.8, 4) is 0 Å². The van der Waals surface area contributed by atoms with Gasteiger partial charge in [0.15, 0.2) is 0 Å². The second-order valence-electron chi connectivity index (χ2n) is 0.165. The standard InChI is InChI=1S/CO2.4CH4.H2O3.O2.H2O/c2-1-3;;;;;1-3-2;1-2;/h;4*1H4;1-2H;;1H2. The minimum absolute atomic E-state index is 0. The maximum absolute atomic E-state index is 8.12. The van der Waals surface area contributed by atoms with Gasteiger partial charge < -0.3 is 5.48 Å². The van der Waals surface area contributed by atoms with Crippen LogP contribution in [0.25, 0.3) is 0 Å². The van der Waals surface area contributed by atoms with Gasteiger partial charge in [-0.3, -0.25) is 0 Å². The second-order valence-corrected chi connectivity index (χ2v) is 0.165. The predicted molar refractivity (Wildman–Crippen MR) is 48.6 cm³/mol. The monoisotopic (exact) mass is 208 g/mol. The van der Waals surface area contributed by atoms with Crippen molar-refractivity contribution in [2.45, 2.75) is 29.7 Å². The fourth-order valence-electron chi connectivity index (χ4n) is 0. The lowest BCUT2D eigenvalue weighted by molar-refractivity contribution is -0.465. The third-order valence-electron chi connectivity index (χ3n) is 0. The van der Waals surface area contributed by atoms with Gasteiger partial charge in [-0.15, -0.1) is 0 Å². The summed E-state index contributed by atoms with van der Waals surface area (Å²) in [5.74, 6) is 0. The Hall–Kier alpha value is -1.18. The molecule has 0 saturated carbocycles. The van der Waals surface area contributed by atoms with Gasteiger partial charge in [0.25, 0.3) is 0 Å². The Morgan fingerprint density at radius 3 is 0.846 bits per heavy atom. The van der Waals surface area contributed by atoms with Crippen LogP contribution in [0.5, 0.6) is 0 Å². The van der Waals surface area contributed by atoms with Crippen molar-refractivity contribution in [1.29, 1.82) is 0 Å². The molecular weight excluding hydrogens is 188 g/mol. The SMILES string of the molecule is C.C.C.C.O.O=C=O.O=O.OOO. The number of hydrogen-bond acceptors (Lipinski definition) is 7. The molecule has 0 aromatic rings. The minimum Gasteiger partial charge on any atom is -0.412 e. The Morgan fingerprint density at radius 1 is 0.846 bits per heavy atom. The van der Waals surface area contributed by atoms with Gasteiger partial charge in [0.2, 0.25) is 0 Å². The van der Waals surface area contributed by atoms with Gasteiger partial charge in [0.1, 0.15) is 0 Å². The lowest BCUT2D eigenvalue weighted by Gasteiger charge is -1.56. The molecule has 0 bridgehead atoms. The molecule has 0 atom stereocenters. The summed E-state index contributed by atoms with van der Waals surface area (Å²) in [7, 11) is 0. The fourth-order valence-corrected chi connectivity index (χ4v) is 0. The van der Waals surface area contributed by atoms with Gasteiger partial charge in [0.05, 0.1) is 0 Å². The number of rotatable bonds is 0. The lowest BCUT2D eigenvalue weighted by atomic mass is 11.8. The first-order chi connectivity index (χ1) is 3.83. The van der Waals surface area contributed by atoms with E-state index in [0.717, 1.165) is 0 Å². The minimum atomic E-state index is 0. The highest BCUT2D eigenvalue weighted by Gasteiger charge is 1.27. The average Bonchev–Trinajstić information content (AvgIpc) is 1.75. The normalized spacial score (nSPS) is 2.31. The molecule has 13 heavy (non-hydrogen) atoms. The summed E-state index contributed by atoms with van der Waals surface area (Å²) < 4.78 is 0. The lowest BCUT2D eigenvalue weighted by Crippen LogP contribution is -1.60. The van der Waals surface area contributed by atoms with E-state index in [1.165, 1.54) is 0 Å². The van der Waals surface area contributed by atoms with Crippen LogP contribution < -0.4 is 0 Å². The molecule has 0 aromatic carbocycles. The summed E-state index contributed by atoms with van der Waals surface area (Å²) in [5, 5.41) is 15.5. The zero-order chi connectivity index (χ0) is 7.41. The van der Waals surface area contributed by atoms with Gasteiger partial charge in [-0.2, -0.15) is 9.59 Å². The van der Waals surface area contributed by atoms with Crippen molar-refractivity contribution >= 4 is 6.15 Å². The molecule has 8 nitrogen and oxygen atoms in total. The van der Waals surface area contributed by atoms with E-state index in [-0.39, 0.29) is 41.3 Å². The first kappa shape index (κ1) is 94.8. The van der Waals surface area contributed by atoms with E-state index in [0.29, 0.717) is 0 Å². The maximum atomic E-state index is 8.12. The first-order valence-corrected chi connectivity index (χ1v) is 0.940. The molecule has 88 valence electrons. The topological polar surface area (TPSA) is 149 Å². The zero-order valence-electron chi connectivity index (χ0n) is 3.94. The summed E-state index contributed by atoms with van der Waals surface area (Å²) in [4.78, 5) is 30.2. The van der Waals surface area contributed by atoms with Gasteiger partial charge in [0, 0.05) is 9.93 Å². The molecule has 0 amide bonds. The molecular formula is C5H20O8. The molecule has 0 heterocycles. The first-order valence-electron chi connectivity index (χ1n) is 0.940. The molecule has 0 aliphatic carbocycles. The Kier molecular flexibility index (Phi) is 11300. The van der Waals surface area contributed by atoms with Gasteiger partial charge >= 0.3 is 6.15 Å². The largest absolute Gasteiger partial charge is 0.412 e. The van der Waals surface area contributed by atoms with Gasteiger partial charge in [-0.05, 0) is 0 Å². The predicted octanol–water partition coefficient (Wildman–Crippen LogP) is 1.15. The van der Waals surface area contributed by atoms with Crippen LogP contribution in [0.2, 0.25) is 0 Å². The summed E-state index contributed by atoms with van der Waals surface area (Å²) in [5.41, 5.74) is 0. The number of hydrogen-bond donors (Lipinski definition) is 2. The van der Waals surface area contributed by atoms with Crippen molar-refractivity contribution in [2.75, 3.05) is 0 Å². The summed E-state index contributed by atoms with van der Waals surface area (Å²) in [6, 6.07) is 0. The van der Waals surface area contributed by atoms with Crippen molar-refractivity contribution in [3.63, 3.8) is 0 Å². The van der Waals surface area contributed by atoms with Crippen LogP contribution in [0.3, 0.4) is 0 Å². The molecule has 0 aromatic heterocycles. The molecule has 4 N–H and O–H groups in total. The molecule has 0 aliphatic heterocycles. The van der Waals surface area contributed by atoms with Crippen molar-refractivity contribution in [2.24, 2.45) is 0 Å². The fraction of sp³-hybridized carbons (Fsp3) is 0.800. The molecule has 0 saturated heterocycles. The van der Waals surface area contributed by atoms with E-state index < -0.39 is 0 Å². The molecule has 0 rings (SSSR count). The quantitative estimate of drug-likeness (QED) is 0.447. The Bertz CT molecular complexity index is 50.5. The maximum Gasteiger partial charge on any atom is 0.373 e. The Labute approximate surface area is 77.5 Å². The van der Waals surface area contributed by atoms with Crippen molar-refractivity contribution < 1.29 is 30.6 Å². The van der Waals surface area contributed by atoms with Crippen LogP contribution in [-0.4, -0.2) is 22.1 Å². The highest BCUT2D eigenvalue weighted by Crippen LogP contribution is 1.24. The third-order valence-corrected chi connectivity index (χ3v) is 0. The van der Waals surface area contributed by atoms with Crippen LogP contribution in [0.1, 0.15) is 29.7 Å². The van der Waals surface area contributed by atoms with Gasteiger partial charge in [-0.1, -0.05) is 34.7 Å². The molecule has 0 spiro atoms. The molecule has 0 aliphatic rings. The highest BCUT2D eigenvalue weighted by molar-refractivity contribution is 5.20. The van der Waals surface area contributed by atoms with E-state index in [1.807, 2.05) is 0 Å².